The summed E-state index contributed by atoms with van der Waals surface area (Å²) < 4.78 is 16.8. The Morgan fingerprint density at radius 1 is 0.781 bits per heavy atom. The van der Waals surface area contributed by atoms with E-state index >= 15 is 0 Å². The second kappa shape index (κ2) is 11.4. The molecule has 172 valence electrons. The van der Waals surface area contributed by atoms with Crippen molar-refractivity contribution < 1.29 is 23.8 Å². The maximum atomic E-state index is 12.6. The summed E-state index contributed by atoms with van der Waals surface area (Å²) in [6.07, 6.45) is 0.726. The molecule has 0 saturated carbocycles. The van der Waals surface area contributed by atoms with Gasteiger partial charge in [0.25, 0.3) is 11.8 Å². The van der Waals surface area contributed by atoms with Gasteiger partial charge >= 0.3 is 0 Å². The molecule has 3 rings (SSSR count). The smallest absolute Gasteiger partial charge is 0.260 e. The Labute approximate surface area is 189 Å². The first kappa shape index (κ1) is 23.4. The molecule has 2 aromatic rings. The number of ether oxygens (including phenoxy) is 3. The number of rotatable bonds is 8. The van der Waals surface area contributed by atoms with E-state index in [2.05, 4.69) is 0 Å². The molecule has 32 heavy (non-hydrogen) atoms. The molecule has 1 saturated heterocycles. The lowest BCUT2D eigenvalue weighted by atomic mass is 10.1. The lowest BCUT2D eigenvalue weighted by molar-refractivity contribution is -0.135. The molecule has 2 aromatic carbocycles. The molecule has 1 heterocycles. The molecule has 1 aliphatic rings. The van der Waals surface area contributed by atoms with Gasteiger partial charge in [0.2, 0.25) is 0 Å². The van der Waals surface area contributed by atoms with Crippen LogP contribution in [0.15, 0.2) is 42.5 Å². The first-order chi connectivity index (χ1) is 15.5. The highest BCUT2D eigenvalue weighted by Gasteiger charge is 2.22. The molecule has 1 aliphatic heterocycles. The first-order valence-corrected chi connectivity index (χ1v) is 11.1. The van der Waals surface area contributed by atoms with E-state index in [1.54, 1.807) is 21.9 Å². The van der Waals surface area contributed by atoms with Crippen molar-refractivity contribution in [1.82, 2.24) is 9.80 Å². The van der Waals surface area contributed by atoms with Gasteiger partial charge in [-0.1, -0.05) is 17.7 Å². The van der Waals surface area contributed by atoms with Crippen molar-refractivity contribution in [2.24, 2.45) is 0 Å². The predicted molar refractivity (Wildman–Crippen MR) is 122 cm³/mol. The number of aryl methyl sites for hydroxylation is 2. The molecular weight excluding hydrogens is 408 g/mol. The summed E-state index contributed by atoms with van der Waals surface area (Å²) in [4.78, 5) is 28.7. The van der Waals surface area contributed by atoms with Gasteiger partial charge in [-0.05, 0) is 63.1 Å². The predicted octanol–water partition coefficient (Wildman–Crippen LogP) is 3.22. The van der Waals surface area contributed by atoms with Crippen molar-refractivity contribution in [2.45, 2.75) is 27.2 Å². The highest BCUT2D eigenvalue weighted by molar-refractivity contribution is 5.79. The van der Waals surface area contributed by atoms with Crippen LogP contribution in [0.4, 0.5) is 0 Å². The Kier molecular flexibility index (Phi) is 8.36. The zero-order chi connectivity index (χ0) is 22.9. The van der Waals surface area contributed by atoms with Crippen LogP contribution in [0.3, 0.4) is 0 Å². The Morgan fingerprint density at radius 2 is 1.34 bits per heavy atom. The molecule has 0 radical (unpaired) electrons. The van der Waals surface area contributed by atoms with E-state index in [1.807, 2.05) is 51.1 Å². The van der Waals surface area contributed by atoms with E-state index in [0.29, 0.717) is 38.5 Å². The third-order valence-corrected chi connectivity index (χ3v) is 5.38. The van der Waals surface area contributed by atoms with Crippen molar-refractivity contribution in [1.29, 1.82) is 0 Å². The van der Waals surface area contributed by atoms with Gasteiger partial charge in [-0.2, -0.15) is 0 Å². The molecule has 0 atom stereocenters. The lowest BCUT2D eigenvalue weighted by Crippen LogP contribution is -2.40. The van der Waals surface area contributed by atoms with Crippen LogP contribution in [0.1, 0.15) is 24.5 Å². The molecule has 7 nitrogen and oxygen atoms in total. The van der Waals surface area contributed by atoms with Gasteiger partial charge in [0.1, 0.15) is 17.2 Å². The van der Waals surface area contributed by atoms with Gasteiger partial charge in [-0.15, -0.1) is 0 Å². The minimum atomic E-state index is -0.0836. The fourth-order valence-electron chi connectivity index (χ4n) is 3.64. The molecule has 0 unspecified atom stereocenters. The fraction of sp³-hybridized carbons (Fsp3) is 0.440. The number of benzene rings is 2. The number of amides is 2. The molecular formula is C25H32N2O5. The number of nitrogens with zero attached hydrogens (tertiary/aromatic N) is 2. The van der Waals surface area contributed by atoms with E-state index in [-0.39, 0.29) is 25.0 Å². The van der Waals surface area contributed by atoms with Crippen molar-refractivity contribution in [2.75, 3.05) is 46.0 Å². The largest absolute Gasteiger partial charge is 0.494 e. The van der Waals surface area contributed by atoms with Crippen LogP contribution in [0.25, 0.3) is 0 Å². The number of carbonyl (C=O) groups excluding carboxylic acids is 2. The van der Waals surface area contributed by atoms with Crippen LogP contribution < -0.4 is 14.2 Å². The van der Waals surface area contributed by atoms with Gasteiger partial charge in [0.15, 0.2) is 13.2 Å². The summed E-state index contributed by atoms with van der Waals surface area (Å²) in [5, 5.41) is 0. The maximum absolute atomic E-state index is 12.6. The van der Waals surface area contributed by atoms with Crippen LogP contribution >= 0.6 is 0 Å². The topological polar surface area (TPSA) is 68.3 Å². The van der Waals surface area contributed by atoms with Crippen molar-refractivity contribution in [3.05, 3.63) is 53.6 Å². The van der Waals surface area contributed by atoms with E-state index in [0.717, 1.165) is 29.0 Å². The van der Waals surface area contributed by atoms with Crippen LogP contribution in [-0.4, -0.2) is 67.6 Å². The lowest BCUT2D eigenvalue weighted by Gasteiger charge is -2.22. The van der Waals surface area contributed by atoms with Crippen molar-refractivity contribution in [3.63, 3.8) is 0 Å². The third-order valence-electron chi connectivity index (χ3n) is 5.38. The highest BCUT2D eigenvalue weighted by Crippen LogP contribution is 2.19. The SMILES string of the molecule is CCOc1ccc(OCC(=O)N2CCCN(C(=O)COc3ccc(C)cc3C)CC2)cc1. The number of carbonyl (C=O) groups is 2. The normalized spacial score (nSPS) is 14.0. The van der Waals surface area contributed by atoms with Gasteiger partial charge < -0.3 is 24.0 Å². The minimum absolute atomic E-state index is 0.00129. The Bertz CT molecular complexity index is 913. The van der Waals surface area contributed by atoms with Gasteiger partial charge in [0, 0.05) is 26.2 Å². The maximum Gasteiger partial charge on any atom is 0.260 e. The molecule has 0 N–H and O–H groups in total. The monoisotopic (exact) mass is 440 g/mol. The van der Waals surface area contributed by atoms with E-state index in [1.165, 1.54) is 0 Å². The summed E-state index contributed by atoms with van der Waals surface area (Å²) in [6, 6.07) is 13.1. The molecule has 2 amide bonds. The van der Waals surface area contributed by atoms with Crippen molar-refractivity contribution >= 4 is 11.8 Å². The average molecular weight is 441 g/mol. The standard InChI is InChI=1S/C25H32N2O5/c1-4-30-21-7-9-22(10-8-21)31-17-24(28)26-12-5-13-27(15-14-26)25(29)18-32-23-11-6-19(2)16-20(23)3/h6-11,16H,4-5,12-15,17-18H2,1-3H3. The zero-order valence-corrected chi connectivity index (χ0v) is 19.1. The third kappa shape index (κ3) is 6.64. The van der Waals surface area contributed by atoms with Crippen LogP contribution in [0, 0.1) is 13.8 Å². The zero-order valence-electron chi connectivity index (χ0n) is 19.1. The Morgan fingerprint density at radius 3 is 1.91 bits per heavy atom. The summed E-state index contributed by atoms with van der Waals surface area (Å²) >= 11 is 0. The number of hydrogen-bond donors (Lipinski definition) is 0. The second-order valence-corrected chi connectivity index (χ2v) is 7.87. The Balaban J connectivity index is 1.44. The molecule has 0 aliphatic carbocycles. The van der Waals surface area contributed by atoms with E-state index in [4.69, 9.17) is 14.2 Å². The molecule has 0 spiro atoms. The summed E-state index contributed by atoms with van der Waals surface area (Å²) in [6.45, 7) is 8.68. The van der Waals surface area contributed by atoms with Gasteiger partial charge in [0.05, 0.1) is 6.61 Å². The quantitative estimate of drug-likeness (QED) is 0.631. The minimum Gasteiger partial charge on any atom is -0.494 e. The van der Waals surface area contributed by atoms with Crippen molar-refractivity contribution in [3.8, 4) is 17.2 Å². The van der Waals surface area contributed by atoms with Crippen LogP contribution in [0.5, 0.6) is 17.2 Å². The van der Waals surface area contributed by atoms with Crippen LogP contribution in [0.2, 0.25) is 0 Å². The fourth-order valence-corrected chi connectivity index (χ4v) is 3.64. The number of hydrogen-bond acceptors (Lipinski definition) is 5. The van der Waals surface area contributed by atoms with Crippen LogP contribution in [-0.2, 0) is 9.59 Å². The first-order valence-electron chi connectivity index (χ1n) is 11.1. The summed E-state index contributed by atoms with van der Waals surface area (Å²) in [5.41, 5.74) is 2.17. The summed E-state index contributed by atoms with van der Waals surface area (Å²) in [7, 11) is 0. The van der Waals surface area contributed by atoms with E-state index in [9.17, 15) is 9.59 Å². The van der Waals surface area contributed by atoms with Gasteiger partial charge in [-0.25, -0.2) is 0 Å². The van der Waals surface area contributed by atoms with Gasteiger partial charge in [-0.3, -0.25) is 9.59 Å². The molecule has 1 fully saturated rings. The molecule has 7 heteroatoms. The highest BCUT2D eigenvalue weighted by atomic mass is 16.5. The summed E-state index contributed by atoms with van der Waals surface area (Å²) in [5.74, 6) is 1.97. The molecule has 0 bridgehead atoms. The second-order valence-electron chi connectivity index (χ2n) is 7.87. The average Bonchev–Trinajstić information content (AvgIpc) is 3.04. The Hall–Kier alpha value is -3.22. The molecule has 0 aromatic heterocycles. The van der Waals surface area contributed by atoms with E-state index < -0.39 is 0 Å².